The standard InChI is InChI=1S/C19H22N2O2S/c1-3-14-12-17(24-13(14)2)18(22)20-16-8-6-15(7-9-16)19(23)21-10-4-5-11-21/h6-9,12H,3-5,10-11H2,1-2H3,(H,20,22). The minimum Gasteiger partial charge on any atom is -0.339 e. The number of anilines is 1. The number of likely N-dealkylation sites (tertiary alicyclic amines) is 1. The molecule has 4 nitrogen and oxygen atoms in total. The number of hydrogen-bond acceptors (Lipinski definition) is 3. The van der Waals surface area contributed by atoms with E-state index in [1.54, 1.807) is 24.3 Å². The Labute approximate surface area is 146 Å². The zero-order chi connectivity index (χ0) is 17.1. The predicted molar refractivity (Wildman–Crippen MR) is 98.0 cm³/mol. The van der Waals surface area contributed by atoms with Gasteiger partial charge in [-0.05, 0) is 62.1 Å². The maximum Gasteiger partial charge on any atom is 0.265 e. The molecule has 2 amide bonds. The highest BCUT2D eigenvalue weighted by Gasteiger charge is 2.19. The Morgan fingerprint density at radius 1 is 1.17 bits per heavy atom. The van der Waals surface area contributed by atoms with Crippen LogP contribution in [0.25, 0.3) is 0 Å². The number of nitrogens with zero attached hydrogens (tertiary/aromatic N) is 1. The number of amides is 2. The zero-order valence-electron chi connectivity index (χ0n) is 14.1. The topological polar surface area (TPSA) is 49.4 Å². The lowest BCUT2D eigenvalue weighted by Crippen LogP contribution is -2.27. The van der Waals surface area contributed by atoms with Crippen LogP contribution in [-0.2, 0) is 6.42 Å². The molecule has 1 aliphatic heterocycles. The summed E-state index contributed by atoms with van der Waals surface area (Å²) in [4.78, 5) is 28.5. The molecule has 126 valence electrons. The van der Waals surface area contributed by atoms with Gasteiger partial charge in [-0.15, -0.1) is 11.3 Å². The lowest BCUT2D eigenvalue weighted by molar-refractivity contribution is 0.0792. The molecule has 0 unspecified atom stereocenters. The average molecular weight is 342 g/mol. The van der Waals surface area contributed by atoms with Crippen molar-refractivity contribution in [2.45, 2.75) is 33.1 Å². The van der Waals surface area contributed by atoms with E-state index in [1.807, 2.05) is 17.9 Å². The van der Waals surface area contributed by atoms with Crippen molar-refractivity contribution in [3.63, 3.8) is 0 Å². The normalized spacial score (nSPS) is 14.0. The lowest BCUT2D eigenvalue weighted by Gasteiger charge is -2.15. The van der Waals surface area contributed by atoms with Gasteiger partial charge in [-0.1, -0.05) is 6.92 Å². The number of hydrogen-bond donors (Lipinski definition) is 1. The molecular weight excluding hydrogens is 320 g/mol. The second-order valence-electron chi connectivity index (χ2n) is 6.08. The molecule has 1 fully saturated rings. The summed E-state index contributed by atoms with van der Waals surface area (Å²) in [5.41, 5.74) is 2.61. The Kier molecular flexibility index (Phi) is 5.00. The Morgan fingerprint density at radius 2 is 1.83 bits per heavy atom. The van der Waals surface area contributed by atoms with Crippen LogP contribution in [0, 0.1) is 6.92 Å². The molecule has 1 aliphatic rings. The molecule has 24 heavy (non-hydrogen) atoms. The van der Waals surface area contributed by atoms with Crippen LogP contribution in [0.5, 0.6) is 0 Å². The summed E-state index contributed by atoms with van der Waals surface area (Å²) in [6.45, 7) is 5.81. The molecule has 2 aromatic rings. The van der Waals surface area contributed by atoms with E-state index in [0.29, 0.717) is 11.3 Å². The minimum atomic E-state index is -0.0959. The van der Waals surface area contributed by atoms with Crippen molar-refractivity contribution in [1.29, 1.82) is 0 Å². The van der Waals surface area contributed by atoms with Gasteiger partial charge in [-0.25, -0.2) is 0 Å². The third-order valence-electron chi connectivity index (χ3n) is 4.41. The fraction of sp³-hybridized carbons (Fsp3) is 0.368. The van der Waals surface area contributed by atoms with E-state index in [4.69, 9.17) is 0 Å². The Hall–Kier alpha value is -2.14. The van der Waals surface area contributed by atoms with Gasteiger partial charge >= 0.3 is 0 Å². The molecule has 0 bridgehead atoms. The molecule has 1 aromatic heterocycles. The first kappa shape index (κ1) is 16.7. The second kappa shape index (κ2) is 7.18. The fourth-order valence-electron chi connectivity index (χ4n) is 2.97. The molecule has 1 saturated heterocycles. The highest BCUT2D eigenvalue weighted by atomic mass is 32.1. The van der Waals surface area contributed by atoms with E-state index >= 15 is 0 Å². The highest BCUT2D eigenvalue weighted by molar-refractivity contribution is 7.14. The Morgan fingerprint density at radius 3 is 2.42 bits per heavy atom. The lowest BCUT2D eigenvalue weighted by atomic mass is 10.1. The third kappa shape index (κ3) is 3.51. The van der Waals surface area contributed by atoms with Gasteiger partial charge in [0.15, 0.2) is 0 Å². The van der Waals surface area contributed by atoms with E-state index in [9.17, 15) is 9.59 Å². The van der Waals surface area contributed by atoms with Gasteiger partial charge in [-0.2, -0.15) is 0 Å². The van der Waals surface area contributed by atoms with Crippen LogP contribution in [0.15, 0.2) is 30.3 Å². The van der Waals surface area contributed by atoms with Crippen molar-refractivity contribution in [2.75, 3.05) is 18.4 Å². The molecule has 0 saturated carbocycles. The largest absolute Gasteiger partial charge is 0.339 e. The molecule has 0 spiro atoms. The van der Waals surface area contributed by atoms with Gasteiger partial charge in [0, 0.05) is 29.2 Å². The third-order valence-corrected chi connectivity index (χ3v) is 5.50. The summed E-state index contributed by atoms with van der Waals surface area (Å²) in [6, 6.07) is 9.12. The molecule has 5 heteroatoms. The summed E-state index contributed by atoms with van der Waals surface area (Å²) < 4.78 is 0. The molecular formula is C19H22N2O2S. The van der Waals surface area contributed by atoms with Crippen LogP contribution < -0.4 is 5.32 Å². The summed E-state index contributed by atoms with van der Waals surface area (Å²) in [6.07, 6.45) is 3.10. The Bertz CT molecular complexity index is 743. The predicted octanol–water partition coefficient (Wildman–Crippen LogP) is 4.11. The van der Waals surface area contributed by atoms with Gasteiger partial charge in [0.25, 0.3) is 11.8 Å². The first-order valence-electron chi connectivity index (χ1n) is 8.38. The molecule has 3 rings (SSSR count). The van der Waals surface area contributed by atoms with Crippen molar-refractivity contribution < 1.29 is 9.59 Å². The zero-order valence-corrected chi connectivity index (χ0v) is 14.9. The molecule has 0 atom stereocenters. The van der Waals surface area contributed by atoms with Crippen molar-refractivity contribution in [1.82, 2.24) is 4.90 Å². The number of carbonyl (C=O) groups excluding carboxylic acids is 2. The summed E-state index contributed by atoms with van der Waals surface area (Å²) in [7, 11) is 0. The first-order chi connectivity index (χ1) is 11.6. The van der Waals surface area contributed by atoms with E-state index in [-0.39, 0.29) is 11.8 Å². The number of rotatable bonds is 4. The number of thiophene rings is 1. The Balaban J connectivity index is 1.67. The monoisotopic (exact) mass is 342 g/mol. The maximum atomic E-state index is 12.3. The van der Waals surface area contributed by atoms with Gasteiger partial charge in [0.1, 0.15) is 0 Å². The molecule has 1 N–H and O–H groups in total. The summed E-state index contributed by atoms with van der Waals surface area (Å²) in [5, 5.41) is 2.91. The van der Waals surface area contributed by atoms with E-state index in [0.717, 1.165) is 37.2 Å². The van der Waals surface area contributed by atoms with Crippen molar-refractivity contribution >= 4 is 28.8 Å². The van der Waals surface area contributed by atoms with Crippen LogP contribution >= 0.6 is 11.3 Å². The summed E-state index contributed by atoms with van der Waals surface area (Å²) in [5.74, 6) is -0.0201. The first-order valence-corrected chi connectivity index (χ1v) is 9.20. The fourth-order valence-corrected chi connectivity index (χ4v) is 3.98. The minimum absolute atomic E-state index is 0.0758. The van der Waals surface area contributed by atoms with Crippen LogP contribution in [0.3, 0.4) is 0 Å². The molecule has 1 aromatic carbocycles. The summed E-state index contributed by atoms with van der Waals surface area (Å²) >= 11 is 1.52. The van der Waals surface area contributed by atoms with Crippen molar-refractivity contribution in [2.24, 2.45) is 0 Å². The maximum absolute atomic E-state index is 12.3. The number of aryl methyl sites for hydroxylation is 2. The van der Waals surface area contributed by atoms with Crippen LogP contribution in [-0.4, -0.2) is 29.8 Å². The molecule has 0 aliphatic carbocycles. The second-order valence-corrected chi connectivity index (χ2v) is 7.33. The highest BCUT2D eigenvalue weighted by Crippen LogP contribution is 2.23. The van der Waals surface area contributed by atoms with Gasteiger partial charge in [0.05, 0.1) is 4.88 Å². The number of nitrogens with one attached hydrogen (secondary N) is 1. The van der Waals surface area contributed by atoms with E-state index in [1.165, 1.54) is 21.8 Å². The van der Waals surface area contributed by atoms with E-state index in [2.05, 4.69) is 12.2 Å². The number of benzene rings is 1. The van der Waals surface area contributed by atoms with Crippen LogP contribution in [0.2, 0.25) is 0 Å². The van der Waals surface area contributed by atoms with Gasteiger partial charge < -0.3 is 10.2 Å². The van der Waals surface area contributed by atoms with Gasteiger partial charge in [0.2, 0.25) is 0 Å². The van der Waals surface area contributed by atoms with Crippen molar-refractivity contribution in [3.05, 3.63) is 51.2 Å². The molecule has 2 heterocycles. The van der Waals surface area contributed by atoms with Crippen LogP contribution in [0.4, 0.5) is 5.69 Å². The molecule has 0 radical (unpaired) electrons. The quantitative estimate of drug-likeness (QED) is 0.909. The van der Waals surface area contributed by atoms with Crippen molar-refractivity contribution in [3.8, 4) is 0 Å². The smallest absolute Gasteiger partial charge is 0.265 e. The van der Waals surface area contributed by atoms with Crippen LogP contribution in [0.1, 0.15) is 50.2 Å². The SMILES string of the molecule is CCc1cc(C(=O)Nc2ccc(C(=O)N3CCCC3)cc2)sc1C. The van der Waals surface area contributed by atoms with Gasteiger partial charge in [-0.3, -0.25) is 9.59 Å². The average Bonchev–Trinajstić information content (AvgIpc) is 3.24. The number of carbonyl (C=O) groups is 2. The van der Waals surface area contributed by atoms with E-state index < -0.39 is 0 Å².